The Morgan fingerprint density at radius 1 is 0.906 bits per heavy atom. The zero-order valence-corrected chi connectivity index (χ0v) is 18.7. The molecule has 2 heterocycles. The number of hydrogen-bond donors (Lipinski definition) is 0. The number of hydrogen-bond acceptors (Lipinski definition) is 4. The number of methoxy groups -OCH3 is 1. The Morgan fingerprint density at radius 2 is 1.53 bits per heavy atom. The van der Waals surface area contributed by atoms with Gasteiger partial charge in [0, 0.05) is 43.9 Å². The van der Waals surface area contributed by atoms with E-state index >= 15 is 0 Å². The van der Waals surface area contributed by atoms with Crippen molar-refractivity contribution in [3.05, 3.63) is 66.4 Å². The molecule has 32 heavy (non-hydrogen) atoms. The van der Waals surface area contributed by atoms with Gasteiger partial charge in [-0.05, 0) is 36.4 Å². The van der Waals surface area contributed by atoms with Gasteiger partial charge in [-0.15, -0.1) is 0 Å². The van der Waals surface area contributed by atoms with Crippen LogP contribution in [0.5, 0.6) is 5.75 Å². The summed E-state index contributed by atoms with van der Waals surface area (Å²) < 4.78 is 7.01. The second-order valence-electron chi connectivity index (χ2n) is 8.17. The fourth-order valence-corrected chi connectivity index (χ4v) is 3.87. The minimum atomic E-state index is -0.0744. The van der Waals surface area contributed by atoms with E-state index in [9.17, 15) is 9.59 Å². The molecule has 3 aromatic rings. The topological polar surface area (TPSA) is 67.7 Å². The lowest BCUT2D eigenvalue weighted by atomic mass is 10.1. The molecule has 7 nitrogen and oxygen atoms in total. The van der Waals surface area contributed by atoms with Crippen LogP contribution in [0.3, 0.4) is 0 Å². The lowest BCUT2D eigenvalue weighted by molar-refractivity contribution is -0.135. The Labute approximate surface area is 188 Å². The van der Waals surface area contributed by atoms with Gasteiger partial charge in [0.05, 0.1) is 18.4 Å². The zero-order chi connectivity index (χ0) is 22.7. The van der Waals surface area contributed by atoms with Crippen molar-refractivity contribution >= 4 is 11.8 Å². The molecule has 0 saturated carbocycles. The van der Waals surface area contributed by atoms with E-state index in [1.54, 1.807) is 18.0 Å². The molecule has 1 aliphatic heterocycles. The number of carbonyl (C=O) groups is 2. The molecule has 166 valence electrons. The highest BCUT2D eigenvalue weighted by atomic mass is 16.5. The van der Waals surface area contributed by atoms with Gasteiger partial charge in [0.25, 0.3) is 5.91 Å². The zero-order valence-electron chi connectivity index (χ0n) is 18.7. The monoisotopic (exact) mass is 432 g/mol. The van der Waals surface area contributed by atoms with Crippen molar-refractivity contribution in [1.82, 2.24) is 19.6 Å². The van der Waals surface area contributed by atoms with Crippen LogP contribution in [-0.4, -0.2) is 64.7 Å². The fraction of sp³-hybridized carbons (Fsp3) is 0.320. The number of carbonyl (C=O) groups excluding carboxylic acids is 2. The van der Waals surface area contributed by atoms with Crippen molar-refractivity contribution in [2.45, 2.75) is 13.8 Å². The van der Waals surface area contributed by atoms with E-state index in [0.29, 0.717) is 37.4 Å². The Hall–Kier alpha value is -3.61. The largest absolute Gasteiger partial charge is 0.497 e. The van der Waals surface area contributed by atoms with E-state index in [-0.39, 0.29) is 17.7 Å². The summed E-state index contributed by atoms with van der Waals surface area (Å²) >= 11 is 0. The summed E-state index contributed by atoms with van der Waals surface area (Å²) in [6.45, 7) is 5.92. The highest BCUT2D eigenvalue weighted by Crippen LogP contribution is 2.27. The third-order valence-corrected chi connectivity index (χ3v) is 5.70. The molecule has 0 radical (unpaired) electrons. The smallest absolute Gasteiger partial charge is 0.257 e. The number of aromatic nitrogens is 2. The van der Waals surface area contributed by atoms with Crippen LogP contribution >= 0.6 is 0 Å². The average molecular weight is 433 g/mol. The summed E-state index contributed by atoms with van der Waals surface area (Å²) in [6, 6.07) is 17.3. The second-order valence-corrected chi connectivity index (χ2v) is 8.17. The third-order valence-electron chi connectivity index (χ3n) is 5.70. The number of rotatable bonds is 5. The third kappa shape index (κ3) is 4.37. The molecule has 0 aliphatic carbocycles. The maximum absolute atomic E-state index is 13.5. The second kappa shape index (κ2) is 9.26. The number of piperazine rings is 1. The van der Waals surface area contributed by atoms with Crippen molar-refractivity contribution in [2.24, 2.45) is 5.92 Å². The van der Waals surface area contributed by atoms with Crippen LogP contribution < -0.4 is 4.74 Å². The summed E-state index contributed by atoms with van der Waals surface area (Å²) in [5, 5.41) is 4.75. The quantitative estimate of drug-likeness (QED) is 0.619. The molecular formula is C25H28N4O3. The molecule has 4 rings (SSSR count). The SMILES string of the molecule is COc1ccc(-c2nn(-c3ccccc3)cc2C(=O)N2CCN(C(=O)C(C)C)CC2)cc1. The van der Waals surface area contributed by atoms with Crippen molar-refractivity contribution in [1.29, 1.82) is 0 Å². The molecule has 1 aromatic heterocycles. The number of amides is 2. The maximum atomic E-state index is 13.5. The lowest BCUT2D eigenvalue weighted by Crippen LogP contribution is -2.51. The van der Waals surface area contributed by atoms with Crippen molar-refractivity contribution < 1.29 is 14.3 Å². The minimum absolute atomic E-state index is 0.0389. The van der Waals surface area contributed by atoms with Crippen LogP contribution in [0.4, 0.5) is 0 Å². The normalized spacial score (nSPS) is 14.0. The number of ether oxygens (including phenoxy) is 1. The van der Waals surface area contributed by atoms with Crippen molar-refractivity contribution in [2.75, 3.05) is 33.3 Å². The van der Waals surface area contributed by atoms with Crippen molar-refractivity contribution in [3.63, 3.8) is 0 Å². The molecule has 0 spiro atoms. The van der Waals surface area contributed by atoms with Crippen LogP contribution in [0.1, 0.15) is 24.2 Å². The molecule has 2 aromatic carbocycles. The van der Waals surface area contributed by atoms with E-state index in [1.165, 1.54) is 0 Å². The first-order chi connectivity index (χ1) is 15.5. The maximum Gasteiger partial charge on any atom is 0.257 e. The molecule has 0 atom stereocenters. The van der Waals surface area contributed by atoms with Gasteiger partial charge in [0.1, 0.15) is 11.4 Å². The highest BCUT2D eigenvalue weighted by Gasteiger charge is 2.28. The Kier molecular flexibility index (Phi) is 6.25. The predicted molar refractivity (Wildman–Crippen MR) is 123 cm³/mol. The molecule has 0 unspecified atom stereocenters. The molecule has 0 N–H and O–H groups in total. The highest BCUT2D eigenvalue weighted by molar-refractivity contribution is 6.00. The van der Waals surface area contributed by atoms with E-state index in [0.717, 1.165) is 17.0 Å². The Morgan fingerprint density at radius 3 is 2.12 bits per heavy atom. The molecular weight excluding hydrogens is 404 g/mol. The van der Waals surface area contributed by atoms with Crippen LogP contribution in [-0.2, 0) is 4.79 Å². The first kappa shape index (κ1) is 21.6. The van der Waals surface area contributed by atoms with Crippen molar-refractivity contribution in [3.8, 4) is 22.7 Å². The van der Waals surface area contributed by atoms with Gasteiger partial charge in [0.2, 0.25) is 5.91 Å². The standard InChI is InChI=1S/C25H28N4O3/c1-18(2)24(30)27-13-15-28(16-14-27)25(31)22-17-29(20-7-5-4-6-8-20)26-23(22)19-9-11-21(32-3)12-10-19/h4-12,17-18H,13-16H2,1-3H3. The molecule has 7 heteroatoms. The van der Waals surface area contributed by atoms with Gasteiger partial charge >= 0.3 is 0 Å². The van der Waals surface area contributed by atoms with E-state index in [4.69, 9.17) is 9.84 Å². The molecule has 1 aliphatic rings. The number of nitrogens with zero attached hydrogens (tertiary/aromatic N) is 4. The Balaban J connectivity index is 1.64. The number of para-hydroxylation sites is 1. The van der Waals surface area contributed by atoms with E-state index in [1.807, 2.05) is 78.2 Å². The van der Waals surface area contributed by atoms with E-state index in [2.05, 4.69) is 0 Å². The van der Waals surface area contributed by atoms with Gasteiger partial charge in [-0.2, -0.15) is 5.10 Å². The molecule has 2 amide bonds. The van der Waals surface area contributed by atoms with Crippen LogP contribution in [0.15, 0.2) is 60.8 Å². The van der Waals surface area contributed by atoms with Crippen LogP contribution in [0.25, 0.3) is 16.9 Å². The summed E-state index contributed by atoms with van der Waals surface area (Å²) in [5.74, 6) is 0.764. The molecule has 1 fully saturated rings. The van der Waals surface area contributed by atoms with Crippen LogP contribution in [0.2, 0.25) is 0 Å². The Bertz CT molecular complexity index is 1080. The summed E-state index contributed by atoms with van der Waals surface area (Å²) in [5.41, 5.74) is 2.90. The predicted octanol–water partition coefficient (Wildman–Crippen LogP) is 3.49. The summed E-state index contributed by atoms with van der Waals surface area (Å²) in [4.78, 5) is 29.5. The molecule has 1 saturated heterocycles. The summed E-state index contributed by atoms with van der Waals surface area (Å²) in [6.07, 6.45) is 1.79. The summed E-state index contributed by atoms with van der Waals surface area (Å²) in [7, 11) is 1.62. The number of benzene rings is 2. The van der Waals surface area contributed by atoms with E-state index < -0.39 is 0 Å². The van der Waals surface area contributed by atoms with Gasteiger partial charge < -0.3 is 14.5 Å². The van der Waals surface area contributed by atoms with Crippen LogP contribution in [0, 0.1) is 5.92 Å². The van der Waals surface area contributed by atoms with Gasteiger partial charge in [-0.25, -0.2) is 4.68 Å². The first-order valence-electron chi connectivity index (χ1n) is 10.9. The first-order valence-corrected chi connectivity index (χ1v) is 10.9. The average Bonchev–Trinajstić information content (AvgIpc) is 3.29. The van der Waals surface area contributed by atoms with Gasteiger partial charge in [0.15, 0.2) is 0 Å². The van der Waals surface area contributed by atoms with Gasteiger partial charge in [-0.1, -0.05) is 32.0 Å². The lowest BCUT2D eigenvalue weighted by Gasteiger charge is -2.35. The fourth-order valence-electron chi connectivity index (χ4n) is 3.87. The minimum Gasteiger partial charge on any atom is -0.497 e. The molecule has 0 bridgehead atoms. The van der Waals surface area contributed by atoms with Gasteiger partial charge in [-0.3, -0.25) is 9.59 Å².